The molecule has 20 heavy (non-hydrogen) atoms. The van der Waals surface area contributed by atoms with E-state index >= 15 is 0 Å². The van der Waals surface area contributed by atoms with Gasteiger partial charge < -0.3 is 9.47 Å². The first-order valence-corrected chi connectivity index (χ1v) is 7.20. The van der Waals surface area contributed by atoms with E-state index in [4.69, 9.17) is 21.1 Å². The minimum atomic E-state index is 0.708. The molecule has 5 heteroatoms. The molecule has 0 aliphatic rings. The van der Waals surface area contributed by atoms with Crippen molar-refractivity contribution in [2.24, 2.45) is 0 Å². The summed E-state index contributed by atoms with van der Waals surface area (Å²) in [4.78, 5) is 4.64. The molecule has 0 amide bonds. The summed E-state index contributed by atoms with van der Waals surface area (Å²) >= 11 is 7.59. The lowest BCUT2D eigenvalue weighted by Gasteiger charge is -2.10. The molecule has 2 aromatic carbocycles. The normalized spacial score (nSPS) is 10.8. The summed E-state index contributed by atoms with van der Waals surface area (Å²) in [6.45, 7) is 0. The molecule has 102 valence electrons. The number of benzene rings is 2. The third-order valence-electron chi connectivity index (χ3n) is 2.99. The van der Waals surface area contributed by atoms with E-state index in [0.29, 0.717) is 5.02 Å². The van der Waals surface area contributed by atoms with E-state index < -0.39 is 0 Å². The van der Waals surface area contributed by atoms with Crippen molar-refractivity contribution < 1.29 is 9.47 Å². The van der Waals surface area contributed by atoms with Gasteiger partial charge in [-0.2, -0.15) is 0 Å². The van der Waals surface area contributed by atoms with Crippen LogP contribution in [0.4, 0.5) is 0 Å². The molecule has 0 atom stereocenters. The van der Waals surface area contributed by atoms with Crippen molar-refractivity contribution in [1.82, 2.24) is 4.98 Å². The molecule has 0 bridgehead atoms. The molecule has 0 saturated heterocycles. The van der Waals surface area contributed by atoms with Crippen molar-refractivity contribution in [3.8, 4) is 22.1 Å². The van der Waals surface area contributed by atoms with Gasteiger partial charge >= 0.3 is 0 Å². The highest BCUT2D eigenvalue weighted by molar-refractivity contribution is 7.21. The summed E-state index contributed by atoms with van der Waals surface area (Å²) in [6, 6.07) is 11.4. The number of halogens is 1. The Morgan fingerprint density at radius 2 is 1.75 bits per heavy atom. The van der Waals surface area contributed by atoms with Gasteiger partial charge in [-0.1, -0.05) is 17.7 Å². The average molecular weight is 306 g/mol. The first kappa shape index (κ1) is 13.2. The smallest absolute Gasteiger partial charge is 0.132 e. The topological polar surface area (TPSA) is 31.4 Å². The van der Waals surface area contributed by atoms with Crippen LogP contribution < -0.4 is 9.47 Å². The molecule has 0 fully saturated rings. The van der Waals surface area contributed by atoms with Crippen LogP contribution >= 0.6 is 22.9 Å². The van der Waals surface area contributed by atoms with E-state index in [0.717, 1.165) is 32.3 Å². The van der Waals surface area contributed by atoms with Crippen LogP contribution in [0.15, 0.2) is 36.4 Å². The van der Waals surface area contributed by atoms with Crippen molar-refractivity contribution in [2.45, 2.75) is 0 Å². The number of rotatable bonds is 3. The van der Waals surface area contributed by atoms with Crippen LogP contribution in [0.2, 0.25) is 5.02 Å². The number of hydrogen-bond acceptors (Lipinski definition) is 4. The highest BCUT2D eigenvalue weighted by Crippen LogP contribution is 2.41. The first-order valence-electron chi connectivity index (χ1n) is 6.00. The molecule has 0 N–H and O–H groups in total. The van der Waals surface area contributed by atoms with Crippen molar-refractivity contribution in [2.75, 3.05) is 14.2 Å². The molecule has 0 spiro atoms. The van der Waals surface area contributed by atoms with Gasteiger partial charge in [-0.25, -0.2) is 4.98 Å². The largest absolute Gasteiger partial charge is 0.496 e. The van der Waals surface area contributed by atoms with Gasteiger partial charge in [-0.15, -0.1) is 11.3 Å². The Balaban J connectivity index is 2.24. The van der Waals surface area contributed by atoms with E-state index in [9.17, 15) is 0 Å². The van der Waals surface area contributed by atoms with Crippen LogP contribution in [-0.2, 0) is 0 Å². The van der Waals surface area contributed by atoms with E-state index in [1.807, 2.05) is 36.4 Å². The van der Waals surface area contributed by atoms with Gasteiger partial charge in [0.2, 0.25) is 0 Å². The second-order valence-electron chi connectivity index (χ2n) is 4.17. The van der Waals surface area contributed by atoms with Crippen molar-refractivity contribution in [1.29, 1.82) is 0 Å². The number of aromatic nitrogens is 1. The van der Waals surface area contributed by atoms with Crippen LogP contribution in [-0.4, -0.2) is 19.2 Å². The SMILES string of the molecule is COc1cccc(OC)c1-c1nc2ccc(Cl)cc2s1. The molecule has 0 aliphatic carbocycles. The van der Waals surface area contributed by atoms with Crippen LogP contribution in [0.1, 0.15) is 0 Å². The predicted octanol–water partition coefficient (Wildman–Crippen LogP) is 4.63. The maximum atomic E-state index is 6.02. The Kier molecular flexibility index (Phi) is 3.51. The quantitative estimate of drug-likeness (QED) is 0.706. The van der Waals surface area contributed by atoms with Gasteiger partial charge in [0.15, 0.2) is 0 Å². The third kappa shape index (κ3) is 2.21. The van der Waals surface area contributed by atoms with Crippen molar-refractivity contribution >= 4 is 33.2 Å². The molecule has 0 unspecified atom stereocenters. The maximum Gasteiger partial charge on any atom is 0.132 e. The summed E-state index contributed by atoms with van der Waals surface area (Å²) < 4.78 is 11.9. The summed E-state index contributed by atoms with van der Waals surface area (Å²) in [7, 11) is 3.28. The maximum absolute atomic E-state index is 6.02. The monoisotopic (exact) mass is 305 g/mol. The first-order chi connectivity index (χ1) is 9.72. The fourth-order valence-electron chi connectivity index (χ4n) is 2.07. The van der Waals surface area contributed by atoms with Gasteiger partial charge in [0.25, 0.3) is 0 Å². The zero-order valence-corrected chi connectivity index (χ0v) is 12.6. The lowest BCUT2D eigenvalue weighted by Crippen LogP contribution is -1.92. The summed E-state index contributed by atoms with van der Waals surface area (Å²) in [5.41, 5.74) is 1.79. The van der Waals surface area contributed by atoms with Crippen molar-refractivity contribution in [3.05, 3.63) is 41.4 Å². The van der Waals surface area contributed by atoms with E-state index in [1.165, 1.54) is 0 Å². The molecule has 3 aromatic rings. The van der Waals surface area contributed by atoms with Gasteiger partial charge in [0, 0.05) is 5.02 Å². The standard InChI is InChI=1S/C15H12ClNO2S/c1-18-11-4-3-5-12(19-2)14(11)15-17-10-7-6-9(16)8-13(10)20-15/h3-8H,1-2H3. The molecule has 0 aliphatic heterocycles. The third-order valence-corrected chi connectivity index (χ3v) is 4.26. The molecule has 3 rings (SSSR count). The molecule has 3 nitrogen and oxygen atoms in total. The Morgan fingerprint density at radius 1 is 1.05 bits per heavy atom. The molecular weight excluding hydrogens is 294 g/mol. The lowest BCUT2D eigenvalue weighted by atomic mass is 10.2. The minimum absolute atomic E-state index is 0.708. The molecular formula is C15H12ClNO2S. The molecule has 1 heterocycles. The highest BCUT2D eigenvalue weighted by atomic mass is 35.5. The van der Waals surface area contributed by atoms with Crippen molar-refractivity contribution in [3.63, 3.8) is 0 Å². The second-order valence-corrected chi connectivity index (χ2v) is 5.64. The fraction of sp³-hybridized carbons (Fsp3) is 0.133. The Morgan fingerprint density at radius 3 is 2.40 bits per heavy atom. The number of fused-ring (bicyclic) bond motifs is 1. The van der Waals surface area contributed by atoms with E-state index in [1.54, 1.807) is 25.6 Å². The Bertz CT molecular complexity index is 747. The van der Waals surface area contributed by atoms with Crippen LogP contribution in [0.25, 0.3) is 20.8 Å². The van der Waals surface area contributed by atoms with E-state index in [2.05, 4.69) is 4.98 Å². The van der Waals surface area contributed by atoms with E-state index in [-0.39, 0.29) is 0 Å². The van der Waals surface area contributed by atoms with Gasteiger partial charge in [0.05, 0.1) is 30.0 Å². The Hall–Kier alpha value is -1.78. The van der Waals surface area contributed by atoms with Gasteiger partial charge in [-0.3, -0.25) is 0 Å². The molecule has 0 radical (unpaired) electrons. The second kappa shape index (κ2) is 5.31. The van der Waals surface area contributed by atoms with Crippen LogP contribution in [0, 0.1) is 0 Å². The number of thiazole rings is 1. The zero-order chi connectivity index (χ0) is 14.1. The van der Waals surface area contributed by atoms with Crippen LogP contribution in [0.3, 0.4) is 0 Å². The number of hydrogen-bond donors (Lipinski definition) is 0. The summed E-state index contributed by atoms with van der Waals surface area (Å²) in [6.07, 6.45) is 0. The fourth-order valence-corrected chi connectivity index (χ4v) is 3.36. The number of methoxy groups -OCH3 is 2. The molecule has 1 aromatic heterocycles. The summed E-state index contributed by atoms with van der Waals surface area (Å²) in [5, 5.41) is 1.57. The number of ether oxygens (including phenoxy) is 2. The van der Waals surface area contributed by atoms with Gasteiger partial charge in [0.1, 0.15) is 16.5 Å². The average Bonchev–Trinajstić information content (AvgIpc) is 2.88. The highest BCUT2D eigenvalue weighted by Gasteiger charge is 2.16. The van der Waals surface area contributed by atoms with Gasteiger partial charge in [-0.05, 0) is 30.3 Å². The molecule has 0 saturated carbocycles. The zero-order valence-electron chi connectivity index (χ0n) is 11.0. The Labute approximate surface area is 125 Å². The van der Waals surface area contributed by atoms with Crippen LogP contribution in [0.5, 0.6) is 11.5 Å². The number of nitrogens with zero attached hydrogens (tertiary/aromatic N) is 1. The predicted molar refractivity (Wildman–Crippen MR) is 83.2 cm³/mol. The minimum Gasteiger partial charge on any atom is -0.496 e. The lowest BCUT2D eigenvalue weighted by molar-refractivity contribution is 0.397. The summed E-state index contributed by atoms with van der Waals surface area (Å²) in [5.74, 6) is 1.49.